The Bertz CT molecular complexity index is 154. The number of amides is 1. The molecule has 0 aromatic heterocycles. The normalized spacial score (nSPS) is 11.3. The Balaban J connectivity index is 4.05. The Morgan fingerprint density at radius 3 is 2.25 bits per heavy atom. The van der Waals surface area contributed by atoms with Crippen molar-refractivity contribution in [2.75, 3.05) is 19.0 Å². The van der Waals surface area contributed by atoms with E-state index < -0.39 is 6.09 Å². The number of hydrogen-bond donors (Lipinski definition) is 1. The zero-order chi connectivity index (χ0) is 9.78. The minimum atomic E-state index is -0.898. The predicted octanol–water partition coefficient (Wildman–Crippen LogP) is 2.25. The fourth-order valence-corrected chi connectivity index (χ4v) is 1.12. The van der Waals surface area contributed by atoms with E-state index in [0.29, 0.717) is 19.0 Å². The molecule has 4 heteroatoms. The molecule has 0 heterocycles. The van der Waals surface area contributed by atoms with Gasteiger partial charge in [0.05, 0.1) is 0 Å². The average Bonchev–Trinajstić information content (AvgIpc) is 1.83. The van der Waals surface area contributed by atoms with E-state index in [2.05, 4.69) is 0 Å². The Hall–Kier alpha value is -0.440. The van der Waals surface area contributed by atoms with Crippen LogP contribution in [-0.2, 0) is 0 Å². The van der Waals surface area contributed by atoms with Gasteiger partial charge >= 0.3 is 6.09 Å². The van der Waals surface area contributed by atoms with Crippen LogP contribution < -0.4 is 0 Å². The fourth-order valence-electron chi connectivity index (χ4n) is 0.917. The number of nitrogens with zero attached hydrogens (tertiary/aromatic N) is 1. The monoisotopic (exact) mass is 193 g/mol. The van der Waals surface area contributed by atoms with Crippen LogP contribution in [0.4, 0.5) is 4.79 Å². The average molecular weight is 194 g/mol. The van der Waals surface area contributed by atoms with Crippen molar-refractivity contribution < 1.29 is 9.90 Å². The highest BCUT2D eigenvalue weighted by molar-refractivity contribution is 6.18. The molecule has 1 amide bonds. The second-order valence-electron chi connectivity index (χ2n) is 3.95. The number of rotatable bonds is 3. The van der Waals surface area contributed by atoms with Crippen LogP contribution in [0.25, 0.3) is 0 Å². The summed E-state index contributed by atoms with van der Waals surface area (Å²) >= 11 is 5.46. The van der Waals surface area contributed by atoms with Gasteiger partial charge in [-0.25, -0.2) is 4.79 Å². The van der Waals surface area contributed by atoms with Crippen LogP contribution in [0, 0.1) is 5.41 Å². The minimum Gasteiger partial charge on any atom is -0.465 e. The summed E-state index contributed by atoms with van der Waals surface area (Å²) in [7, 11) is 0. The van der Waals surface area contributed by atoms with Gasteiger partial charge in [-0.3, -0.25) is 0 Å². The summed E-state index contributed by atoms with van der Waals surface area (Å²) in [5.41, 5.74) is -0.00948. The molecule has 0 saturated carbocycles. The largest absolute Gasteiger partial charge is 0.465 e. The van der Waals surface area contributed by atoms with Crippen LogP contribution in [-0.4, -0.2) is 35.1 Å². The van der Waals surface area contributed by atoms with Crippen LogP contribution in [0.1, 0.15) is 20.8 Å². The van der Waals surface area contributed by atoms with Gasteiger partial charge in [0.2, 0.25) is 0 Å². The zero-order valence-corrected chi connectivity index (χ0v) is 8.56. The van der Waals surface area contributed by atoms with E-state index >= 15 is 0 Å². The summed E-state index contributed by atoms with van der Waals surface area (Å²) in [6.07, 6.45) is -0.898. The Morgan fingerprint density at radius 1 is 1.50 bits per heavy atom. The van der Waals surface area contributed by atoms with Gasteiger partial charge in [-0.05, 0) is 5.41 Å². The molecule has 72 valence electrons. The Labute approximate surface area is 78.3 Å². The number of alkyl halides is 1. The molecule has 0 aromatic carbocycles. The van der Waals surface area contributed by atoms with Gasteiger partial charge in [0, 0.05) is 19.0 Å². The highest BCUT2D eigenvalue weighted by Crippen LogP contribution is 2.14. The van der Waals surface area contributed by atoms with Gasteiger partial charge < -0.3 is 10.0 Å². The molecule has 0 radical (unpaired) electrons. The molecular formula is C8H16ClNO2. The molecule has 0 aliphatic heterocycles. The number of carboxylic acid groups (broad SMARTS) is 1. The van der Waals surface area contributed by atoms with Gasteiger partial charge in [-0.15, -0.1) is 11.6 Å². The molecule has 0 aromatic rings. The van der Waals surface area contributed by atoms with E-state index in [-0.39, 0.29) is 5.41 Å². The predicted molar refractivity (Wildman–Crippen MR) is 49.8 cm³/mol. The lowest BCUT2D eigenvalue weighted by molar-refractivity contribution is 0.130. The van der Waals surface area contributed by atoms with Crippen molar-refractivity contribution >= 4 is 17.7 Å². The van der Waals surface area contributed by atoms with Gasteiger partial charge in [0.25, 0.3) is 0 Å². The highest BCUT2D eigenvalue weighted by Gasteiger charge is 2.19. The smallest absolute Gasteiger partial charge is 0.407 e. The van der Waals surface area contributed by atoms with Gasteiger partial charge in [-0.1, -0.05) is 20.8 Å². The third-order valence-corrected chi connectivity index (χ3v) is 1.46. The summed E-state index contributed by atoms with van der Waals surface area (Å²) < 4.78 is 0. The van der Waals surface area contributed by atoms with Crippen molar-refractivity contribution in [1.82, 2.24) is 4.90 Å². The van der Waals surface area contributed by atoms with E-state index in [1.807, 2.05) is 20.8 Å². The summed E-state index contributed by atoms with van der Waals surface area (Å²) in [5.74, 6) is 0.350. The molecule has 0 fully saturated rings. The SMILES string of the molecule is CC(C)(C)CN(CCCl)C(=O)O. The molecular weight excluding hydrogens is 178 g/mol. The first kappa shape index (κ1) is 11.6. The first-order valence-corrected chi connectivity index (χ1v) is 4.44. The van der Waals surface area contributed by atoms with E-state index in [4.69, 9.17) is 16.7 Å². The minimum absolute atomic E-state index is 0.00948. The number of carbonyl (C=O) groups is 1. The van der Waals surface area contributed by atoms with Crippen LogP contribution in [0.5, 0.6) is 0 Å². The van der Waals surface area contributed by atoms with Crippen molar-refractivity contribution in [3.05, 3.63) is 0 Å². The Kier molecular flexibility index (Phi) is 4.39. The second-order valence-corrected chi connectivity index (χ2v) is 4.33. The summed E-state index contributed by atoms with van der Waals surface area (Å²) in [4.78, 5) is 12.0. The third-order valence-electron chi connectivity index (χ3n) is 1.29. The molecule has 0 unspecified atom stereocenters. The van der Waals surface area contributed by atoms with Crippen LogP contribution in [0.3, 0.4) is 0 Å². The van der Waals surface area contributed by atoms with E-state index in [9.17, 15) is 4.79 Å². The topological polar surface area (TPSA) is 40.5 Å². The molecule has 0 rings (SSSR count). The maximum atomic E-state index is 10.6. The van der Waals surface area contributed by atoms with Crippen molar-refractivity contribution in [2.24, 2.45) is 5.41 Å². The third kappa shape index (κ3) is 5.24. The maximum Gasteiger partial charge on any atom is 0.407 e. The lowest BCUT2D eigenvalue weighted by Gasteiger charge is -2.26. The van der Waals surface area contributed by atoms with E-state index in [1.54, 1.807) is 0 Å². The van der Waals surface area contributed by atoms with Gasteiger partial charge in [0.15, 0.2) is 0 Å². The van der Waals surface area contributed by atoms with Crippen LogP contribution in [0.15, 0.2) is 0 Å². The van der Waals surface area contributed by atoms with E-state index in [0.717, 1.165) is 0 Å². The summed E-state index contributed by atoms with van der Waals surface area (Å²) in [5, 5.41) is 8.73. The molecule has 3 nitrogen and oxygen atoms in total. The summed E-state index contributed by atoms with van der Waals surface area (Å²) in [6, 6.07) is 0. The fraction of sp³-hybridized carbons (Fsp3) is 0.875. The first-order valence-electron chi connectivity index (χ1n) is 3.90. The Morgan fingerprint density at radius 2 is 2.00 bits per heavy atom. The van der Waals surface area contributed by atoms with E-state index in [1.165, 1.54) is 4.90 Å². The first-order chi connectivity index (χ1) is 5.37. The number of hydrogen-bond acceptors (Lipinski definition) is 1. The summed E-state index contributed by atoms with van der Waals surface area (Å²) in [6.45, 7) is 6.91. The van der Waals surface area contributed by atoms with Crippen LogP contribution >= 0.6 is 11.6 Å². The quantitative estimate of drug-likeness (QED) is 0.699. The molecule has 0 aliphatic rings. The molecule has 0 atom stereocenters. The maximum absolute atomic E-state index is 10.6. The van der Waals surface area contributed by atoms with Gasteiger partial charge in [-0.2, -0.15) is 0 Å². The molecule has 0 spiro atoms. The molecule has 0 aliphatic carbocycles. The van der Waals surface area contributed by atoms with Crippen molar-refractivity contribution in [2.45, 2.75) is 20.8 Å². The highest BCUT2D eigenvalue weighted by atomic mass is 35.5. The molecule has 0 bridgehead atoms. The molecule has 12 heavy (non-hydrogen) atoms. The molecule has 0 saturated heterocycles. The molecule has 1 N–H and O–H groups in total. The second kappa shape index (κ2) is 4.55. The van der Waals surface area contributed by atoms with Crippen molar-refractivity contribution in [3.63, 3.8) is 0 Å². The lowest BCUT2D eigenvalue weighted by atomic mass is 9.96. The van der Waals surface area contributed by atoms with Gasteiger partial charge in [0.1, 0.15) is 0 Å². The lowest BCUT2D eigenvalue weighted by Crippen LogP contribution is -2.38. The zero-order valence-electron chi connectivity index (χ0n) is 7.80. The van der Waals surface area contributed by atoms with Crippen LogP contribution in [0.2, 0.25) is 0 Å². The van der Waals surface area contributed by atoms with Crippen molar-refractivity contribution in [1.29, 1.82) is 0 Å². The van der Waals surface area contributed by atoms with Crippen molar-refractivity contribution in [3.8, 4) is 0 Å². The standard InChI is InChI=1S/C8H16ClNO2/c1-8(2,3)6-10(5-4-9)7(11)12/h4-6H2,1-3H3,(H,11,12). The number of halogens is 1.